The highest BCUT2D eigenvalue weighted by atomic mass is 15.5. The Labute approximate surface area is 156 Å². The molecule has 7 aliphatic rings. The average Bonchev–Trinajstić information content (AvgIpc) is 3.22. The molecule has 144 valence electrons. The van der Waals surface area contributed by atoms with Crippen LogP contribution in [0.1, 0.15) is 25.7 Å². The highest BCUT2D eigenvalue weighted by molar-refractivity contribution is 5.21. The van der Waals surface area contributed by atoms with Gasteiger partial charge in [-0.15, -0.1) is 0 Å². The van der Waals surface area contributed by atoms with Crippen LogP contribution in [0.15, 0.2) is 0 Å². The molecule has 6 aliphatic heterocycles. The summed E-state index contributed by atoms with van der Waals surface area (Å²) in [5.74, 6) is 3.63. The SMILES string of the molecule is C1CC2C(CN1)C1CCC3C4CNCCC4N4C5NCCNC5N2C1C34. The van der Waals surface area contributed by atoms with Crippen LogP contribution in [0.25, 0.3) is 0 Å². The molecule has 0 aromatic heterocycles. The minimum atomic E-state index is 0.535. The summed E-state index contributed by atoms with van der Waals surface area (Å²) in [4.78, 5) is 6.07. The van der Waals surface area contributed by atoms with E-state index in [0.29, 0.717) is 12.3 Å². The Kier molecular flexibility index (Phi) is 3.40. The maximum atomic E-state index is 3.98. The summed E-state index contributed by atoms with van der Waals surface area (Å²) in [6.45, 7) is 7.21. The van der Waals surface area contributed by atoms with Gasteiger partial charge in [-0.05, 0) is 75.5 Å². The van der Waals surface area contributed by atoms with Crippen molar-refractivity contribution in [1.29, 1.82) is 0 Å². The topological polar surface area (TPSA) is 54.6 Å². The van der Waals surface area contributed by atoms with Crippen LogP contribution < -0.4 is 21.3 Å². The van der Waals surface area contributed by atoms with Gasteiger partial charge in [-0.1, -0.05) is 0 Å². The summed E-state index contributed by atoms with van der Waals surface area (Å²) >= 11 is 0. The lowest BCUT2D eigenvalue weighted by atomic mass is 9.68. The largest absolute Gasteiger partial charge is 0.316 e. The van der Waals surface area contributed by atoms with Gasteiger partial charge in [-0.2, -0.15) is 0 Å². The maximum absolute atomic E-state index is 3.98. The van der Waals surface area contributed by atoms with Gasteiger partial charge in [-0.25, -0.2) is 0 Å². The number of hydrogen-bond donors (Lipinski definition) is 4. The van der Waals surface area contributed by atoms with Crippen molar-refractivity contribution >= 4 is 0 Å². The molecule has 0 spiro atoms. The molecular formula is C20H34N6. The first kappa shape index (κ1) is 15.7. The lowest BCUT2D eigenvalue weighted by Crippen LogP contribution is -2.79. The van der Waals surface area contributed by atoms with Crippen LogP contribution >= 0.6 is 0 Å². The van der Waals surface area contributed by atoms with Gasteiger partial charge in [0.2, 0.25) is 0 Å². The lowest BCUT2D eigenvalue weighted by molar-refractivity contribution is -0.115. The molecule has 7 rings (SSSR count). The number of nitrogens with one attached hydrogen (secondary N) is 4. The molecule has 7 fully saturated rings. The summed E-state index contributed by atoms with van der Waals surface area (Å²) in [5, 5.41) is 15.4. The van der Waals surface area contributed by atoms with Gasteiger partial charge in [0.05, 0.1) is 12.3 Å². The van der Waals surface area contributed by atoms with Gasteiger partial charge < -0.3 is 10.6 Å². The Balaban J connectivity index is 1.36. The molecule has 6 heteroatoms. The number of hydrogen-bond acceptors (Lipinski definition) is 6. The van der Waals surface area contributed by atoms with E-state index in [2.05, 4.69) is 31.1 Å². The van der Waals surface area contributed by atoms with E-state index < -0.39 is 0 Å². The van der Waals surface area contributed by atoms with Crippen LogP contribution in [0, 0.1) is 23.7 Å². The Morgan fingerprint density at radius 3 is 1.54 bits per heavy atom. The van der Waals surface area contributed by atoms with Gasteiger partial charge in [0, 0.05) is 37.3 Å². The zero-order valence-electron chi connectivity index (χ0n) is 15.7. The minimum Gasteiger partial charge on any atom is -0.316 e. The van der Waals surface area contributed by atoms with Crippen molar-refractivity contribution in [3.05, 3.63) is 0 Å². The van der Waals surface area contributed by atoms with Gasteiger partial charge in [-0.3, -0.25) is 20.4 Å². The summed E-state index contributed by atoms with van der Waals surface area (Å²) in [6.07, 6.45) is 6.74. The standard InChI is InChI=1S/C20H34N6/c1-2-12-14-10-22-6-4-16(14)26-18(12)17-11(1)13-9-21-5-3-15(13)25(17)19-20(26)24-8-7-23-19/h11-24H,1-10H2. The molecule has 10 atom stereocenters. The molecule has 1 saturated carbocycles. The third-order valence-corrected chi connectivity index (χ3v) is 9.37. The van der Waals surface area contributed by atoms with Gasteiger partial charge >= 0.3 is 0 Å². The molecule has 0 bridgehead atoms. The Bertz CT molecular complexity index is 535. The average molecular weight is 359 g/mol. The third-order valence-electron chi connectivity index (χ3n) is 9.37. The van der Waals surface area contributed by atoms with Crippen LogP contribution in [0.4, 0.5) is 0 Å². The van der Waals surface area contributed by atoms with Crippen molar-refractivity contribution in [2.75, 3.05) is 39.3 Å². The van der Waals surface area contributed by atoms with Gasteiger partial charge in [0.1, 0.15) is 0 Å². The molecule has 1 aliphatic carbocycles. The van der Waals surface area contributed by atoms with Gasteiger partial charge in [0.15, 0.2) is 0 Å². The molecule has 4 N–H and O–H groups in total. The molecule has 0 amide bonds. The summed E-state index contributed by atoms with van der Waals surface area (Å²) in [7, 11) is 0. The van der Waals surface area contributed by atoms with E-state index >= 15 is 0 Å². The molecule has 6 saturated heterocycles. The minimum absolute atomic E-state index is 0.535. The predicted octanol–water partition coefficient (Wildman–Crippen LogP) is -0.804. The number of piperazine rings is 2. The fourth-order valence-corrected chi connectivity index (χ4v) is 8.74. The highest BCUT2D eigenvalue weighted by Crippen LogP contribution is 2.57. The second kappa shape index (κ2) is 5.65. The van der Waals surface area contributed by atoms with Gasteiger partial charge in [0.25, 0.3) is 0 Å². The molecule has 26 heavy (non-hydrogen) atoms. The Hall–Kier alpha value is -0.240. The van der Waals surface area contributed by atoms with Crippen molar-refractivity contribution in [2.45, 2.75) is 62.2 Å². The fourth-order valence-electron chi connectivity index (χ4n) is 8.74. The first-order valence-corrected chi connectivity index (χ1v) is 11.4. The third kappa shape index (κ3) is 1.84. The van der Waals surface area contributed by atoms with Crippen molar-refractivity contribution in [1.82, 2.24) is 31.1 Å². The number of nitrogens with zero attached hydrogens (tertiary/aromatic N) is 2. The van der Waals surface area contributed by atoms with Crippen LogP contribution in [0.3, 0.4) is 0 Å². The second-order valence-electron chi connectivity index (χ2n) is 10.0. The van der Waals surface area contributed by atoms with E-state index in [9.17, 15) is 0 Å². The molecule has 10 unspecified atom stereocenters. The van der Waals surface area contributed by atoms with E-state index in [-0.39, 0.29) is 0 Å². The second-order valence-corrected chi connectivity index (χ2v) is 10.0. The van der Waals surface area contributed by atoms with Crippen molar-refractivity contribution in [3.8, 4) is 0 Å². The number of rotatable bonds is 0. The molecular weight excluding hydrogens is 324 g/mol. The quantitative estimate of drug-likeness (QED) is 0.455. The maximum Gasteiger partial charge on any atom is 0.0900 e. The number of fused-ring (bicyclic) bond motifs is 9. The first-order valence-electron chi connectivity index (χ1n) is 11.4. The van der Waals surface area contributed by atoms with Crippen molar-refractivity contribution < 1.29 is 0 Å². The van der Waals surface area contributed by atoms with E-state index in [1.807, 2.05) is 0 Å². The normalized spacial score (nSPS) is 58.6. The smallest absolute Gasteiger partial charge is 0.0900 e. The molecule has 0 radical (unpaired) electrons. The van der Waals surface area contributed by atoms with E-state index in [1.165, 1.54) is 51.9 Å². The van der Waals surface area contributed by atoms with Crippen LogP contribution in [-0.4, -0.2) is 85.6 Å². The zero-order chi connectivity index (χ0) is 16.8. The summed E-state index contributed by atoms with van der Waals surface area (Å²) in [6, 6.07) is 3.24. The summed E-state index contributed by atoms with van der Waals surface area (Å²) in [5.41, 5.74) is 0. The predicted molar refractivity (Wildman–Crippen MR) is 101 cm³/mol. The van der Waals surface area contributed by atoms with Crippen LogP contribution in [0.2, 0.25) is 0 Å². The Morgan fingerprint density at radius 2 is 1.04 bits per heavy atom. The number of piperidine rings is 2. The molecule has 0 aromatic carbocycles. The summed E-state index contributed by atoms with van der Waals surface area (Å²) < 4.78 is 0. The fraction of sp³-hybridized carbons (Fsp3) is 1.00. The van der Waals surface area contributed by atoms with Crippen molar-refractivity contribution in [3.63, 3.8) is 0 Å². The molecule has 0 aromatic rings. The monoisotopic (exact) mass is 358 g/mol. The van der Waals surface area contributed by atoms with Crippen LogP contribution in [-0.2, 0) is 0 Å². The van der Waals surface area contributed by atoms with Crippen LogP contribution in [0.5, 0.6) is 0 Å². The highest BCUT2D eigenvalue weighted by Gasteiger charge is 2.67. The molecule has 6 heterocycles. The van der Waals surface area contributed by atoms with Crippen molar-refractivity contribution in [2.24, 2.45) is 23.7 Å². The van der Waals surface area contributed by atoms with E-state index in [4.69, 9.17) is 0 Å². The van der Waals surface area contributed by atoms with E-state index in [1.54, 1.807) is 0 Å². The molecule has 6 nitrogen and oxygen atoms in total. The lowest BCUT2D eigenvalue weighted by Gasteiger charge is -2.59. The zero-order valence-corrected chi connectivity index (χ0v) is 15.7. The Morgan fingerprint density at radius 1 is 0.538 bits per heavy atom. The first-order chi connectivity index (χ1) is 12.9. The van der Waals surface area contributed by atoms with E-state index in [0.717, 1.165) is 60.9 Å².